The predicted octanol–water partition coefficient (Wildman–Crippen LogP) is -1.70. The summed E-state index contributed by atoms with van der Waals surface area (Å²) in [5, 5.41) is 0. The van der Waals surface area contributed by atoms with E-state index in [0.717, 1.165) is 21.3 Å². The minimum atomic E-state index is -4.16. The first-order valence-electron chi connectivity index (χ1n) is 3.27. The fraction of sp³-hybridized carbons (Fsp3) is 1.00. The van der Waals surface area contributed by atoms with Gasteiger partial charge in [-0.15, -0.1) is 0 Å². The standard InChI is InChI=1S/3CH4O4S.Mn/c3*1-5-6(2,3)4;/h3*1H3,(H,2,3,4);. The Morgan fingerprint density at radius 3 is 0.632 bits per heavy atom. The van der Waals surface area contributed by atoms with Crippen molar-refractivity contribution in [2.75, 3.05) is 21.3 Å². The number of hydrogen-bond acceptors (Lipinski definition) is 9. The molecule has 16 heteroatoms. The Labute approximate surface area is 121 Å². The van der Waals surface area contributed by atoms with Crippen molar-refractivity contribution in [3.63, 3.8) is 0 Å². The number of hydrogen-bond donors (Lipinski definition) is 3. The summed E-state index contributed by atoms with van der Waals surface area (Å²) in [4.78, 5) is 0. The molecule has 0 aliphatic heterocycles. The first-order valence-corrected chi connectivity index (χ1v) is 7.37. The van der Waals surface area contributed by atoms with Crippen molar-refractivity contribution < 1.29 is 68.5 Å². The topological polar surface area (TPSA) is 191 Å². The first-order chi connectivity index (χ1) is 7.68. The van der Waals surface area contributed by atoms with Crippen molar-refractivity contribution in [2.45, 2.75) is 0 Å². The summed E-state index contributed by atoms with van der Waals surface area (Å²) >= 11 is 0. The molecule has 0 bridgehead atoms. The third-order valence-corrected chi connectivity index (χ3v) is 1.90. The molecule has 0 amide bonds. The summed E-state index contributed by atoms with van der Waals surface area (Å²) in [7, 11) is -9.87. The molecule has 0 atom stereocenters. The van der Waals surface area contributed by atoms with Crippen LogP contribution in [0.25, 0.3) is 0 Å². The second-order valence-corrected chi connectivity index (χ2v) is 5.35. The molecule has 0 saturated carbocycles. The van der Waals surface area contributed by atoms with Crippen LogP contribution in [0, 0.1) is 0 Å². The summed E-state index contributed by atoms with van der Waals surface area (Å²) in [6.45, 7) is 0. The maximum absolute atomic E-state index is 9.33. The largest absolute Gasteiger partial charge is 0.397 e. The van der Waals surface area contributed by atoms with Gasteiger partial charge in [-0.3, -0.25) is 26.2 Å². The fourth-order valence-electron chi connectivity index (χ4n) is 0. The van der Waals surface area contributed by atoms with Gasteiger partial charge >= 0.3 is 31.2 Å². The molecule has 0 saturated heterocycles. The van der Waals surface area contributed by atoms with E-state index in [1.54, 1.807) is 0 Å². The quantitative estimate of drug-likeness (QED) is 0.366. The van der Waals surface area contributed by atoms with Crippen molar-refractivity contribution in [1.29, 1.82) is 0 Å². The molecule has 0 unspecified atom stereocenters. The van der Waals surface area contributed by atoms with Gasteiger partial charge in [0.25, 0.3) is 0 Å². The third-order valence-electron chi connectivity index (χ3n) is 0.632. The second kappa shape index (κ2) is 11.9. The van der Waals surface area contributed by atoms with Gasteiger partial charge in [0.05, 0.1) is 21.3 Å². The summed E-state index contributed by atoms with van der Waals surface area (Å²) in [5.41, 5.74) is 0. The van der Waals surface area contributed by atoms with Crippen molar-refractivity contribution >= 4 is 31.2 Å². The molecule has 0 fully saturated rings. The van der Waals surface area contributed by atoms with Gasteiger partial charge in [-0.05, 0) is 0 Å². The van der Waals surface area contributed by atoms with E-state index < -0.39 is 31.2 Å². The summed E-state index contributed by atoms with van der Waals surface area (Å²) in [5.74, 6) is 0. The van der Waals surface area contributed by atoms with Crippen LogP contribution in [0.2, 0.25) is 0 Å². The Hall–Kier alpha value is 0.129. The van der Waals surface area contributed by atoms with Gasteiger partial charge in [0, 0.05) is 17.1 Å². The first kappa shape index (κ1) is 27.5. The molecule has 12 nitrogen and oxygen atoms in total. The van der Waals surface area contributed by atoms with E-state index in [1.807, 2.05) is 0 Å². The zero-order valence-corrected chi connectivity index (χ0v) is 13.2. The van der Waals surface area contributed by atoms with Crippen LogP contribution in [0.4, 0.5) is 0 Å². The molecule has 0 heterocycles. The van der Waals surface area contributed by atoms with Crippen molar-refractivity contribution in [2.24, 2.45) is 0 Å². The maximum atomic E-state index is 9.33. The minimum Gasteiger partial charge on any atom is -0.264 e. The molecule has 0 aliphatic rings. The van der Waals surface area contributed by atoms with Gasteiger partial charge in [-0.2, -0.15) is 25.3 Å². The Kier molecular flexibility index (Phi) is 17.2. The fourth-order valence-corrected chi connectivity index (χ4v) is 0. The molecule has 3 N–H and O–H groups in total. The molecule has 19 heavy (non-hydrogen) atoms. The van der Waals surface area contributed by atoms with E-state index in [1.165, 1.54) is 0 Å². The van der Waals surface area contributed by atoms with Crippen LogP contribution in [0.1, 0.15) is 0 Å². The summed E-state index contributed by atoms with van der Waals surface area (Å²) in [6, 6.07) is 0. The van der Waals surface area contributed by atoms with Gasteiger partial charge < -0.3 is 0 Å². The normalized spacial score (nSPS) is 11.1. The molecule has 0 rings (SSSR count). The molecular formula is C3H12MnO12S3. The summed E-state index contributed by atoms with van der Waals surface area (Å²) in [6.07, 6.45) is 0. The van der Waals surface area contributed by atoms with E-state index in [2.05, 4.69) is 12.5 Å². The molecular weight excluding hydrogens is 379 g/mol. The SMILES string of the molecule is COS(=O)(=O)O.COS(=O)(=O)O.COS(=O)(=O)O.[Mn]. The third kappa shape index (κ3) is 56.6. The molecule has 0 aromatic rings. The van der Waals surface area contributed by atoms with Gasteiger partial charge in [0.1, 0.15) is 0 Å². The van der Waals surface area contributed by atoms with E-state index in [4.69, 9.17) is 13.7 Å². The predicted molar refractivity (Wildman–Crippen MR) is 55.7 cm³/mol. The van der Waals surface area contributed by atoms with E-state index in [0.29, 0.717) is 0 Å². The van der Waals surface area contributed by atoms with Crippen molar-refractivity contribution in [3.8, 4) is 0 Å². The maximum Gasteiger partial charge on any atom is 0.397 e. The Balaban J connectivity index is -0.0000000865. The van der Waals surface area contributed by atoms with Crippen LogP contribution in [0.15, 0.2) is 0 Å². The molecule has 0 spiro atoms. The Morgan fingerprint density at radius 1 is 0.579 bits per heavy atom. The van der Waals surface area contributed by atoms with Crippen molar-refractivity contribution in [3.05, 3.63) is 0 Å². The molecule has 0 aliphatic carbocycles. The summed E-state index contributed by atoms with van der Waals surface area (Å²) < 4.78 is 89.1. The number of rotatable bonds is 3. The van der Waals surface area contributed by atoms with Crippen LogP contribution in [0.3, 0.4) is 0 Å². The minimum absolute atomic E-state index is 0. The Morgan fingerprint density at radius 2 is 0.632 bits per heavy atom. The monoisotopic (exact) mass is 391 g/mol. The molecule has 121 valence electrons. The van der Waals surface area contributed by atoms with Crippen LogP contribution in [0.5, 0.6) is 0 Å². The van der Waals surface area contributed by atoms with Crippen molar-refractivity contribution in [1.82, 2.24) is 0 Å². The van der Waals surface area contributed by atoms with E-state index in [9.17, 15) is 25.3 Å². The average molecular weight is 391 g/mol. The molecule has 1 radical (unpaired) electrons. The second-order valence-electron chi connectivity index (χ2n) is 1.78. The smallest absolute Gasteiger partial charge is 0.264 e. The van der Waals surface area contributed by atoms with Gasteiger partial charge in [0.15, 0.2) is 0 Å². The van der Waals surface area contributed by atoms with Crippen LogP contribution >= 0.6 is 0 Å². The zero-order valence-electron chi connectivity index (χ0n) is 9.62. The van der Waals surface area contributed by atoms with Gasteiger partial charge in [-0.1, -0.05) is 0 Å². The van der Waals surface area contributed by atoms with Gasteiger partial charge in [0.2, 0.25) is 0 Å². The molecule has 0 aromatic carbocycles. The van der Waals surface area contributed by atoms with Crippen LogP contribution in [-0.2, 0) is 60.8 Å². The average Bonchev–Trinajstić information content (AvgIpc) is 2.16. The zero-order chi connectivity index (χ0) is 15.6. The van der Waals surface area contributed by atoms with Gasteiger partial charge in [-0.25, -0.2) is 0 Å². The van der Waals surface area contributed by atoms with Crippen LogP contribution < -0.4 is 0 Å². The Bertz CT molecular complexity index is 410. The molecule has 0 aromatic heterocycles. The van der Waals surface area contributed by atoms with Crippen LogP contribution in [-0.4, -0.2) is 60.2 Å². The van der Waals surface area contributed by atoms with E-state index in [-0.39, 0.29) is 17.1 Å². The van der Waals surface area contributed by atoms with E-state index >= 15 is 0 Å².